The van der Waals surface area contributed by atoms with Crippen molar-refractivity contribution in [1.29, 1.82) is 5.26 Å². The van der Waals surface area contributed by atoms with Gasteiger partial charge in [-0.15, -0.1) is 0 Å². The summed E-state index contributed by atoms with van der Waals surface area (Å²) in [6, 6.07) is 0.750. The first-order valence-corrected chi connectivity index (χ1v) is 7.95. The average molecular weight is 356 g/mol. The van der Waals surface area contributed by atoms with E-state index in [4.69, 9.17) is 5.26 Å². The Balaban J connectivity index is 1.88. The lowest BCUT2D eigenvalue weighted by Crippen LogP contribution is -2.67. The fourth-order valence-corrected chi connectivity index (χ4v) is 2.54. The van der Waals surface area contributed by atoms with Crippen molar-refractivity contribution in [3.63, 3.8) is 0 Å². The molecule has 1 aliphatic heterocycles. The van der Waals surface area contributed by atoms with Crippen molar-refractivity contribution in [3.05, 3.63) is 11.8 Å². The van der Waals surface area contributed by atoms with Crippen LogP contribution in [-0.2, 0) is 19.8 Å². The summed E-state index contributed by atoms with van der Waals surface area (Å²) in [6.45, 7) is 1.34. The lowest BCUT2D eigenvalue weighted by molar-refractivity contribution is -0.142. The van der Waals surface area contributed by atoms with Crippen LogP contribution in [-0.4, -0.2) is 48.9 Å². The van der Waals surface area contributed by atoms with Gasteiger partial charge in [0.05, 0.1) is 12.6 Å². The third kappa shape index (κ3) is 3.98. The third-order valence-corrected chi connectivity index (χ3v) is 3.76. The van der Waals surface area contributed by atoms with Gasteiger partial charge in [-0.25, -0.2) is 14.2 Å². The van der Waals surface area contributed by atoms with E-state index in [9.17, 15) is 22.8 Å². The summed E-state index contributed by atoms with van der Waals surface area (Å²) in [5.41, 5.74) is 0. The number of anilines is 1. The molecule has 24 heavy (non-hydrogen) atoms. The van der Waals surface area contributed by atoms with Crippen molar-refractivity contribution >= 4 is 33.9 Å². The number of hydrogen-bond acceptors (Lipinski definition) is 8. The molecule has 1 saturated heterocycles. The molecule has 3 N–H and O–H groups in total. The Labute approximate surface area is 135 Å². The van der Waals surface area contributed by atoms with Crippen molar-refractivity contribution in [2.75, 3.05) is 11.3 Å². The highest BCUT2D eigenvalue weighted by molar-refractivity contribution is 7.91. The number of imide groups is 1. The van der Waals surface area contributed by atoms with Gasteiger partial charge in [-0.3, -0.25) is 14.5 Å². The Hall–Kier alpha value is -3.14. The largest absolute Gasteiger partial charge is 0.360 e. The molecule has 1 fully saturated rings. The number of nitriles is 1. The Bertz CT molecular complexity index is 824. The number of aromatic nitrogens is 1. The predicted octanol–water partition coefficient (Wildman–Crippen LogP) is -1.41. The summed E-state index contributed by atoms with van der Waals surface area (Å²) in [5, 5.41) is 14.0. The first-order valence-electron chi connectivity index (χ1n) is 6.47. The number of β-lactam (4-membered cyclic amide) rings is 1. The summed E-state index contributed by atoms with van der Waals surface area (Å²) in [5.74, 6) is -1.23. The lowest BCUT2D eigenvalue weighted by Gasteiger charge is -2.36. The maximum absolute atomic E-state index is 11.8. The molecule has 1 aromatic heterocycles. The summed E-state index contributed by atoms with van der Waals surface area (Å²) < 4.78 is 31.7. The van der Waals surface area contributed by atoms with Gasteiger partial charge in [0, 0.05) is 6.07 Å². The van der Waals surface area contributed by atoms with Crippen LogP contribution < -0.4 is 14.8 Å². The molecule has 0 aromatic carbocycles. The molecule has 0 unspecified atom stereocenters. The molecule has 0 bridgehead atoms. The first-order chi connectivity index (χ1) is 11.2. The zero-order valence-electron chi connectivity index (χ0n) is 12.3. The molecule has 0 radical (unpaired) electrons. The van der Waals surface area contributed by atoms with Gasteiger partial charge in [-0.05, 0) is 6.92 Å². The highest BCUT2D eigenvalue weighted by Gasteiger charge is 2.42. The second kappa shape index (κ2) is 6.54. The van der Waals surface area contributed by atoms with Crippen LogP contribution in [0.3, 0.4) is 0 Å². The molecule has 2 rings (SSSR count). The minimum Gasteiger partial charge on any atom is -0.360 e. The molecule has 0 aliphatic carbocycles. The van der Waals surface area contributed by atoms with Crippen LogP contribution >= 0.6 is 0 Å². The minimum absolute atomic E-state index is 0.135. The number of aryl methyl sites for hydroxylation is 1. The number of urea groups is 1. The van der Waals surface area contributed by atoms with Crippen molar-refractivity contribution < 1.29 is 27.3 Å². The molecule has 0 spiro atoms. The predicted molar refractivity (Wildman–Crippen MR) is 76.2 cm³/mol. The molecule has 13 heteroatoms. The second-order valence-electron chi connectivity index (χ2n) is 4.74. The smallest absolute Gasteiger partial charge is 0.339 e. The van der Waals surface area contributed by atoms with E-state index in [0.29, 0.717) is 10.7 Å². The minimum atomic E-state index is -4.31. The van der Waals surface area contributed by atoms with Gasteiger partial charge < -0.3 is 9.84 Å². The van der Waals surface area contributed by atoms with Gasteiger partial charge in [0.1, 0.15) is 18.2 Å². The molecule has 12 nitrogen and oxygen atoms in total. The van der Waals surface area contributed by atoms with E-state index in [0.717, 1.165) is 0 Å². The number of likely N-dealkylation sites (tertiary alicyclic amines) is 1. The van der Waals surface area contributed by atoms with E-state index in [1.165, 1.54) is 6.07 Å². The number of nitrogens with one attached hydrogen (secondary N) is 3. The van der Waals surface area contributed by atoms with Crippen LogP contribution in [0.5, 0.6) is 0 Å². The molecule has 1 aromatic rings. The van der Waals surface area contributed by atoms with Crippen LogP contribution in [0.4, 0.5) is 10.6 Å². The molecule has 1 aliphatic rings. The van der Waals surface area contributed by atoms with Gasteiger partial charge in [-0.1, -0.05) is 5.16 Å². The normalized spacial score (nSPS) is 16.8. The van der Waals surface area contributed by atoms with Crippen LogP contribution in [0, 0.1) is 18.3 Å². The van der Waals surface area contributed by atoms with E-state index in [1.807, 2.05) is 4.72 Å². The van der Waals surface area contributed by atoms with Crippen molar-refractivity contribution in [2.45, 2.75) is 19.4 Å². The van der Waals surface area contributed by atoms with Gasteiger partial charge in [-0.2, -0.15) is 13.7 Å². The lowest BCUT2D eigenvalue weighted by atomic mass is 10.1. The van der Waals surface area contributed by atoms with E-state index < -0.39 is 40.5 Å². The Morgan fingerprint density at radius 2 is 2.25 bits per heavy atom. The van der Waals surface area contributed by atoms with Gasteiger partial charge in [0.25, 0.3) is 5.91 Å². The fraction of sp³-hybridized carbons (Fsp3) is 0.364. The fourth-order valence-electron chi connectivity index (χ4n) is 1.78. The zero-order chi connectivity index (χ0) is 17.9. The number of nitrogens with zero attached hydrogens (tertiary/aromatic N) is 3. The van der Waals surface area contributed by atoms with Crippen molar-refractivity contribution in [2.24, 2.45) is 0 Å². The van der Waals surface area contributed by atoms with Crippen LogP contribution in [0.2, 0.25) is 0 Å². The first kappa shape index (κ1) is 17.2. The van der Waals surface area contributed by atoms with Crippen LogP contribution in [0.15, 0.2) is 10.6 Å². The maximum atomic E-state index is 11.8. The SMILES string of the molecule is Cc1cc(NS(=O)(=O)NC(=O)N2C[C@H](NC(=O)CC#N)C2=O)no1. The van der Waals surface area contributed by atoms with Crippen LogP contribution in [0.1, 0.15) is 12.2 Å². The van der Waals surface area contributed by atoms with Crippen LogP contribution in [0.25, 0.3) is 0 Å². The molecular weight excluding hydrogens is 344 g/mol. The van der Waals surface area contributed by atoms with E-state index in [1.54, 1.807) is 17.7 Å². The molecule has 1 atom stereocenters. The standard InChI is InChI=1S/C11H12N6O6S/c1-6-4-8(14-23-6)15-24(21,22)16-11(20)17-5-7(10(17)19)13-9(18)2-3-12/h4,7H,2,5H2,1H3,(H,13,18)(H,14,15)(H,16,20)/t7-/m0/s1. The zero-order valence-corrected chi connectivity index (χ0v) is 13.1. The number of rotatable bonds is 5. The second-order valence-corrected chi connectivity index (χ2v) is 6.15. The maximum Gasteiger partial charge on any atom is 0.339 e. The summed E-state index contributed by atoms with van der Waals surface area (Å²) in [7, 11) is -4.31. The van der Waals surface area contributed by atoms with Crippen molar-refractivity contribution in [3.8, 4) is 6.07 Å². The molecular formula is C11H12N6O6S. The molecule has 2 heterocycles. The monoisotopic (exact) mass is 356 g/mol. The molecule has 4 amide bonds. The number of hydrogen-bond donors (Lipinski definition) is 3. The van der Waals surface area contributed by atoms with Gasteiger partial charge in [0.15, 0.2) is 5.82 Å². The quantitative estimate of drug-likeness (QED) is 0.539. The van der Waals surface area contributed by atoms with Gasteiger partial charge in [0.2, 0.25) is 5.91 Å². The highest BCUT2D eigenvalue weighted by atomic mass is 32.2. The Morgan fingerprint density at radius 1 is 1.54 bits per heavy atom. The molecule has 0 saturated carbocycles. The number of carbonyl (C=O) groups is 3. The third-order valence-electron chi connectivity index (χ3n) is 2.84. The van der Waals surface area contributed by atoms with E-state index in [2.05, 4.69) is 15.0 Å². The number of carbonyl (C=O) groups excluding carboxylic acids is 3. The average Bonchev–Trinajstić information content (AvgIpc) is 2.86. The summed E-state index contributed by atoms with van der Waals surface area (Å²) >= 11 is 0. The molecule has 128 valence electrons. The summed E-state index contributed by atoms with van der Waals surface area (Å²) in [6.07, 6.45) is -0.425. The van der Waals surface area contributed by atoms with Crippen molar-refractivity contribution in [1.82, 2.24) is 20.1 Å². The van der Waals surface area contributed by atoms with E-state index >= 15 is 0 Å². The topological polar surface area (TPSA) is 174 Å². The Kier molecular flexibility index (Phi) is 4.69. The summed E-state index contributed by atoms with van der Waals surface area (Å²) in [4.78, 5) is 35.3. The highest BCUT2D eigenvalue weighted by Crippen LogP contribution is 2.12. The van der Waals surface area contributed by atoms with Gasteiger partial charge >= 0.3 is 16.2 Å². The Morgan fingerprint density at radius 3 is 2.79 bits per heavy atom. The van der Waals surface area contributed by atoms with E-state index in [-0.39, 0.29) is 12.4 Å². The number of amides is 4.